The zero-order chi connectivity index (χ0) is 24.4. The fraction of sp³-hybridized carbons (Fsp3) is 0.536. The van der Waals surface area contributed by atoms with Gasteiger partial charge in [-0.25, -0.2) is 13.1 Å². The highest BCUT2D eigenvalue weighted by atomic mass is 32.2. The van der Waals surface area contributed by atoms with E-state index in [4.69, 9.17) is 0 Å². The van der Waals surface area contributed by atoms with E-state index in [0.717, 1.165) is 18.4 Å². The Bertz CT molecular complexity index is 1120. The second-order valence-electron chi connectivity index (χ2n) is 10.7. The molecule has 3 fully saturated rings. The molecular weight excluding hydrogens is 458 g/mol. The van der Waals surface area contributed by atoms with Gasteiger partial charge in [0.05, 0.1) is 10.8 Å². The highest BCUT2D eigenvalue weighted by Crippen LogP contribution is 2.47. The van der Waals surface area contributed by atoms with Crippen LogP contribution in [0, 0.1) is 24.7 Å². The monoisotopic (exact) mass is 495 g/mol. The summed E-state index contributed by atoms with van der Waals surface area (Å²) < 4.78 is 28.6. The number of hydrogen-bond donors (Lipinski definition) is 3. The first kappa shape index (κ1) is 24.5. The van der Waals surface area contributed by atoms with Crippen LogP contribution < -0.4 is 15.4 Å². The van der Waals surface area contributed by atoms with E-state index in [9.17, 15) is 13.2 Å². The van der Waals surface area contributed by atoms with Crippen molar-refractivity contribution in [3.05, 3.63) is 65.7 Å². The second kappa shape index (κ2) is 10.4. The van der Waals surface area contributed by atoms with Crippen molar-refractivity contribution in [1.82, 2.24) is 15.4 Å². The number of rotatable bonds is 6. The molecule has 6 nitrogen and oxygen atoms in total. The van der Waals surface area contributed by atoms with Gasteiger partial charge in [-0.2, -0.15) is 0 Å². The number of nitrogens with one attached hydrogen (secondary N) is 3. The fourth-order valence-corrected chi connectivity index (χ4v) is 7.81. The first-order valence-corrected chi connectivity index (χ1v) is 14.5. The largest absolute Gasteiger partial charge is 0.353 e. The van der Waals surface area contributed by atoms with Crippen molar-refractivity contribution in [3.8, 4) is 0 Å². The minimum absolute atomic E-state index is 0.0624. The lowest BCUT2D eigenvalue weighted by Crippen LogP contribution is -2.56. The molecule has 188 valence electrons. The molecule has 3 aliphatic rings. The third-order valence-corrected chi connectivity index (χ3v) is 9.89. The Morgan fingerprint density at radius 3 is 2.49 bits per heavy atom. The van der Waals surface area contributed by atoms with Gasteiger partial charge in [0.15, 0.2) is 0 Å². The van der Waals surface area contributed by atoms with Gasteiger partial charge in [0.1, 0.15) is 0 Å². The van der Waals surface area contributed by atoms with Crippen LogP contribution >= 0.6 is 0 Å². The third kappa shape index (κ3) is 5.47. The molecule has 2 aliphatic carbocycles. The van der Waals surface area contributed by atoms with Crippen LogP contribution in [0.5, 0.6) is 0 Å². The molecule has 5 rings (SSSR count). The van der Waals surface area contributed by atoms with E-state index in [1.807, 2.05) is 6.92 Å². The number of carbonyl (C=O) groups excluding carboxylic acids is 1. The van der Waals surface area contributed by atoms with Crippen LogP contribution in [-0.2, 0) is 14.8 Å². The van der Waals surface area contributed by atoms with E-state index in [1.165, 1.54) is 24.8 Å². The number of amides is 1. The highest BCUT2D eigenvalue weighted by Gasteiger charge is 2.43. The number of benzene rings is 2. The van der Waals surface area contributed by atoms with Gasteiger partial charge in [-0.1, -0.05) is 54.4 Å². The van der Waals surface area contributed by atoms with Crippen molar-refractivity contribution in [2.24, 2.45) is 17.8 Å². The minimum Gasteiger partial charge on any atom is -0.353 e. The van der Waals surface area contributed by atoms with Crippen LogP contribution in [0.4, 0.5) is 0 Å². The molecule has 0 aromatic heterocycles. The Labute approximate surface area is 209 Å². The molecule has 1 aliphatic heterocycles. The van der Waals surface area contributed by atoms with Gasteiger partial charge in [-0.05, 0) is 74.5 Å². The van der Waals surface area contributed by atoms with Crippen molar-refractivity contribution in [3.63, 3.8) is 0 Å². The SMILES string of the molecule is Cc1ccc(S(=O)(=O)N[C@H]2CNC[C@@H](C(=O)NC3C4CCCC3C(c3ccccc3)CC4)C2)cc1. The summed E-state index contributed by atoms with van der Waals surface area (Å²) in [4.78, 5) is 13.7. The van der Waals surface area contributed by atoms with E-state index in [0.29, 0.717) is 37.3 Å². The van der Waals surface area contributed by atoms with Crippen molar-refractivity contribution in [2.45, 2.75) is 68.3 Å². The number of hydrogen-bond acceptors (Lipinski definition) is 4. The van der Waals surface area contributed by atoms with E-state index < -0.39 is 10.0 Å². The number of carbonyl (C=O) groups is 1. The van der Waals surface area contributed by atoms with Crippen molar-refractivity contribution >= 4 is 15.9 Å². The van der Waals surface area contributed by atoms with Gasteiger partial charge in [0.2, 0.25) is 15.9 Å². The van der Waals surface area contributed by atoms with Crippen LogP contribution in [0.1, 0.15) is 55.6 Å². The van der Waals surface area contributed by atoms with Gasteiger partial charge in [-0.3, -0.25) is 4.79 Å². The summed E-state index contributed by atoms with van der Waals surface area (Å²) in [5.41, 5.74) is 2.41. The van der Waals surface area contributed by atoms with Crippen LogP contribution in [-0.4, -0.2) is 39.5 Å². The van der Waals surface area contributed by atoms with Gasteiger partial charge < -0.3 is 10.6 Å². The van der Waals surface area contributed by atoms with Gasteiger partial charge in [0.25, 0.3) is 0 Å². The molecule has 2 aromatic carbocycles. The first-order valence-electron chi connectivity index (χ1n) is 13.1. The predicted octanol–water partition coefficient (Wildman–Crippen LogP) is 3.73. The zero-order valence-electron chi connectivity index (χ0n) is 20.5. The molecule has 0 spiro atoms. The Kier molecular flexibility index (Phi) is 7.28. The van der Waals surface area contributed by atoms with Crippen LogP contribution in [0.15, 0.2) is 59.5 Å². The Morgan fingerprint density at radius 1 is 0.943 bits per heavy atom. The average Bonchev–Trinajstić information content (AvgIpc) is 2.85. The summed E-state index contributed by atoms with van der Waals surface area (Å²) in [6.07, 6.45) is 6.43. The summed E-state index contributed by atoms with van der Waals surface area (Å²) in [6.45, 7) is 3.04. The lowest BCUT2D eigenvalue weighted by atomic mass is 9.62. The summed E-state index contributed by atoms with van der Waals surface area (Å²) in [6, 6.07) is 17.5. The van der Waals surface area contributed by atoms with E-state index in [2.05, 4.69) is 45.7 Å². The molecule has 6 atom stereocenters. The lowest BCUT2D eigenvalue weighted by Gasteiger charge is -2.48. The van der Waals surface area contributed by atoms with Gasteiger partial charge in [0, 0.05) is 25.2 Å². The molecule has 1 heterocycles. The van der Waals surface area contributed by atoms with E-state index >= 15 is 0 Å². The standard InChI is InChI=1S/C28H37N3O3S/c1-19-10-13-24(14-11-19)35(33,34)31-23-16-22(17-29-18-23)28(32)30-27-21-8-5-9-26(27)25(15-12-21)20-6-3-2-4-7-20/h2-4,6-7,10-11,13-14,21-23,25-27,29,31H,5,8-9,12,15-18H2,1H3,(H,30,32)/t21?,22-,23+,25?,26?,27?/m0/s1. The smallest absolute Gasteiger partial charge is 0.240 e. The molecule has 1 saturated heterocycles. The van der Waals surface area contributed by atoms with Crippen molar-refractivity contribution < 1.29 is 13.2 Å². The molecule has 1 amide bonds. The predicted molar refractivity (Wildman–Crippen MR) is 137 cm³/mol. The Hall–Kier alpha value is -2.22. The maximum absolute atomic E-state index is 13.4. The molecule has 0 radical (unpaired) electrons. The average molecular weight is 496 g/mol. The fourth-order valence-electron chi connectivity index (χ4n) is 6.56. The van der Waals surface area contributed by atoms with Crippen LogP contribution in [0.3, 0.4) is 0 Å². The first-order chi connectivity index (χ1) is 16.9. The molecule has 4 unspecified atom stereocenters. The van der Waals surface area contributed by atoms with Crippen LogP contribution in [0.25, 0.3) is 0 Å². The summed E-state index contributed by atoms with van der Waals surface area (Å²) >= 11 is 0. The lowest BCUT2D eigenvalue weighted by molar-refractivity contribution is -0.128. The number of aryl methyl sites for hydroxylation is 1. The van der Waals surface area contributed by atoms with Crippen molar-refractivity contribution in [2.75, 3.05) is 13.1 Å². The maximum atomic E-state index is 13.4. The topological polar surface area (TPSA) is 87.3 Å². The summed E-state index contributed by atoms with van der Waals surface area (Å²) in [7, 11) is -3.62. The Balaban J connectivity index is 1.24. The van der Waals surface area contributed by atoms with Crippen LogP contribution in [0.2, 0.25) is 0 Å². The number of fused-ring (bicyclic) bond motifs is 2. The number of sulfonamides is 1. The second-order valence-corrected chi connectivity index (χ2v) is 12.4. The molecule has 2 bridgehead atoms. The molecule has 35 heavy (non-hydrogen) atoms. The zero-order valence-corrected chi connectivity index (χ0v) is 21.3. The third-order valence-electron chi connectivity index (χ3n) is 8.36. The minimum atomic E-state index is -3.62. The van der Waals surface area contributed by atoms with E-state index in [1.54, 1.807) is 24.3 Å². The molecule has 7 heteroatoms. The summed E-state index contributed by atoms with van der Waals surface area (Å²) in [5.74, 6) is 1.34. The normalized spacial score (nSPS) is 31.0. The molecular formula is C28H37N3O3S. The van der Waals surface area contributed by atoms with Gasteiger partial charge in [-0.15, -0.1) is 0 Å². The van der Waals surface area contributed by atoms with Crippen molar-refractivity contribution in [1.29, 1.82) is 0 Å². The molecule has 3 N–H and O–H groups in total. The molecule has 2 saturated carbocycles. The molecule has 2 aromatic rings. The van der Waals surface area contributed by atoms with E-state index in [-0.39, 0.29) is 28.8 Å². The summed E-state index contributed by atoms with van der Waals surface area (Å²) in [5, 5.41) is 6.74. The van der Waals surface area contributed by atoms with Gasteiger partial charge >= 0.3 is 0 Å². The highest BCUT2D eigenvalue weighted by molar-refractivity contribution is 7.89. The number of piperidine rings is 1. The Morgan fingerprint density at radius 2 is 1.71 bits per heavy atom. The maximum Gasteiger partial charge on any atom is 0.240 e. The quantitative estimate of drug-likeness (QED) is 0.570.